The first-order valence-corrected chi connectivity index (χ1v) is 7.83. The monoisotopic (exact) mass is 254 g/mol. The zero-order valence-electron chi connectivity index (χ0n) is 13.4. The normalized spacial score (nSPS) is 29.5. The van der Waals surface area contributed by atoms with Crippen LogP contribution in [0.2, 0.25) is 0 Å². The fourth-order valence-corrected chi connectivity index (χ4v) is 3.24. The molecule has 0 aromatic heterocycles. The molecule has 0 aromatic rings. The summed E-state index contributed by atoms with van der Waals surface area (Å²) < 4.78 is 0. The lowest BCUT2D eigenvalue weighted by Crippen LogP contribution is -2.51. The van der Waals surface area contributed by atoms with Crippen LogP contribution in [0.15, 0.2) is 0 Å². The van der Waals surface area contributed by atoms with Crippen LogP contribution in [-0.2, 0) is 0 Å². The summed E-state index contributed by atoms with van der Waals surface area (Å²) in [5.41, 5.74) is 0. The van der Waals surface area contributed by atoms with Crippen molar-refractivity contribution < 1.29 is 0 Å². The molecule has 0 radical (unpaired) electrons. The van der Waals surface area contributed by atoms with E-state index in [0.29, 0.717) is 6.04 Å². The van der Waals surface area contributed by atoms with Crippen molar-refractivity contribution in [1.29, 1.82) is 0 Å². The van der Waals surface area contributed by atoms with Gasteiger partial charge in [0.15, 0.2) is 0 Å². The van der Waals surface area contributed by atoms with Gasteiger partial charge in [-0.15, -0.1) is 0 Å². The lowest BCUT2D eigenvalue weighted by atomic mass is 9.76. The van der Waals surface area contributed by atoms with Crippen LogP contribution in [0, 0.1) is 17.8 Å². The topological polar surface area (TPSA) is 15.3 Å². The second-order valence-corrected chi connectivity index (χ2v) is 6.94. The van der Waals surface area contributed by atoms with E-state index in [9.17, 15) is 0 Å². The maximum atomic E-state index is 3.54. The van der Waals surface area contributed by atoms with Crippen LogP contribution in [0.4, 0.5) is 0 Å². The van der Waals surface area contributed by atoms with Crippen LogP contribution in [0.3, 0.4) is 0 Å². The molecule has 0 amide bonds. The molecule has 108 valence electrons. The van der Waals surface area contributed by atoms with Gasteiger partial charge in [0.25, 0.3) is 0 Å². The summed E-state index contributed by atoms with van der Waals surface area (Å²) in [6.07, 6.45) is 5.43. The van der Waals surface area contributed by atoms with Gasteiger partial charge in [0, 0.05) is 12.1 Å². The molecule has 1 N–H and O–H groups in total. The summed E-state index contributed by atoms with van der Waals surface area (Å²) in [5, 5.41) is 3.54. The van der Waals surface area contributed by atoms with Gasteiger partial charge in [-0.2, -0.15) is 0 Å². The largest absolute Gasteiger partial charge is 0.315 e. The van der Waals surface area contributed by atoms with E-state index in [-0.39, 0.29) is 0 Å². The first-order chi connectivity index (χ1) is 8.45. The second-order valence-electron chi connectivity index (χ2n) is 6.94. The fraction of sp³-hybridized carbons (Fsp3) is 1.00. The first-order valence-electron chi connectivity index (χ1n) is 7.83. The minimum Gasteiger partial charge on any atom is -0.315 e. The molecule has 2 heteroatoms. The number of nitrogens with zero attached hydrogens (tertiary/aromatic N) is 1. The molecule has 1 saturated carbocycles. The van der Waals surface area contributed by atoms with E-state index in [1.54, 1.807) is 0 Å². The molecule has 1 aliphatic carbocycles. The highest BCUT2D eigenvalue weighted by molar-refractivity contribution is 4.90. The van der Waals surface area contributed by atoms with Gasteiger partial charge in [-0.05, 0) is 64.1 Å². The molecule has 0 heterocycles. The van der Waals surface area contributed by atoms with E-state index >= 15 is 0 Å². The molecular formula is C16H34N2. The highest BCUT2D eigenvalue weighted by Crippen LogP contribution is 2.32. The number of hydrogen-bond donors (Lipinski definition) is 1. The van der Waals surface area contributed by atoms with E-state index in [2.05, 4.69) is 52.0 Å². The van der Waals surface area contributed by atoms with Crippen LogP contribution in [0.5, 0.6) is 0 Å². The Balaban J connectivity index is 2.56. The zero-order chi connectivity index (χ0) is 13.7. The van der Waals surface area contributed by atoms with E-state index in [0.717, 1.165) is 23.8 Å². The van der Waals surface area contributed by atoms with E-state index in [4.69, 9.17) is 0 Å². The highest BCUT2D eigenvalue weighted by Gasteiger charge is 2.33. The lowest BCUT2D eigenvalue weighted by Gasteiger charge is -2.42. The molecule has 2 nitrogen and oxygen atoms in total. The van der Waals surface area contributed by atoms with E-state index in [1.165, 1.54) is 32.2 Å². The average Bonchev–Trinajstić information content (AvgIpc) is 2.34. The molecule has 18 heavy (non-hydrogen) atoms. The van der Waals surface area contributed by atoms with Gasteiger partial charge in [0.1, 0.15) is 0 Å². The molecule has 0 aliphatic heterocycles. The number of hydrogen-bond acceptors (Lipinski definition) is 2. The SMILES string of the molecule is CNC1CCC(C(C)C)CC1N(C)CCC(C)C. The van der Waals surface area contributed by atoms with Crippen molar-refractivity contribution in [3.63, 3.8) is 0 Å². The number of likely N-dealkylation sites (N-methyl/N-ethyl adjacent to an activating group) is 2. The Hall–Kier alpha value is -0.0800. The number of rotatable bonds is 6. The molecule has 0 bridgehead atoms. The van der Waals surface area contributed by atoms with Crippen LogP contribution in [0.25, 0.3) is 0 Å². The standard InChI is InChI=1S/C16H34N2/c1-12(2)9-10-18(6)16-11-14(13(3)4)7-8-15(16)17-5/h12-17H,7-11H2,1-6H3. The molecule has 0 aromatic carbocycles. The van der Waals surface area contributed by atoms with Crippen molar-refractivity contribution >= 4 is 0 Å². The van der Waals surface area contributed by atoms with Crippen molar-refractivity contribution in [2.45, 2.75) is 65.5 Å². The van der Waals surface area contributed by atoms with Crippen LogP contribution < -0.4 is 5.32 Å². The molecule has 0 spiro atoms. The highest BCUT2D eigenvalue weighted by atomic mass is 15.2. The third-order valence-electron chi connectivity index (χ3n) is 4.80. The zero-order valence-corrected chi connectivity index (χ0v) is 13.4. The van der Waals surface area contributed by atoms with Crippen LogP contribution in [-0.4, -0.2) is 37.6 Å². The molecule has 3 unspecified atom stereocenters. The van der Waals surface area contributed by atoms with Gasteiger partial charge in [0.2, 0.25) is 0 Å². The fourth-order valence-electron chi connectivity index (χ4n) is 3.24. The Morgan fingerprint density at radius 3 is 2.33 bits per heavy atom. The number of nitrogens with one attached hydrogen (secondary N) is 1. The third kappa shape index (κ3) is 4.55. The molecule has 1 fully saturated rings. The molecule has 3 atom stereocenters. The quantitative estimate of drug-likeness (QED) is 0.782. The van der Waals surface area contributed by atoms with Gasteiger partial charge in [-0.25, -0.2) is 0 Å². The van der Waals surface area contributed by atoms with Crippen molar-refractivity contribution in [2.75, 3.05) is 20.6 Å². The molecule has 0 saturated heterocycles. The van der Waals surface area contributed by atoms with Gasteiger partial charge < -0.3 is 10.2 Å². The summed E-state index contributed by atoms with van der Waals surface area (Å²) in [5.74, 6) is 2.56. The summed E-state index contributed by atoms with van der Waals surface area (Å²) in [6.45, 7) is 10.7. The van der Waals surface area contributed by atoms with Gasteiger partial charge in [-0.3, -0.25) is 0 Å². The minimum atomic E-state index is 0.692. The van der Waals surface area contributed by atoms with Gasteiger partial charge in [-0.1, -0.05) is 27.7 Å². The Labute approximate surface area is 115 Å². The van der Waals surface area contributed by atoms with Crippen molar-refractivity contribution in [3.05, 3.63) is 0 Å². The average molecular weight is 254 g/mol. The van der Waals surface area contributed by atoms with Crippen LogP contribution >= 0.6 is 0 Å². The smallest absolute Gasteiger partial charge is 0.0248 e. The van der Waals surface area contributed by atoms with E-state index < -0.39 is 0 Å². The first kappa shape index (κ1) is 16.0. The summed E-state index contributed by atoms with van der Waals surface area (Å²) >= 11 is 0. The predicted molar refractivity (Wildman–Crippen MR) is 80.9 cm³/mol. The summed E-state index contributed by atoms with van der Waals surface area (Å²) in [6, 6.07) is 1.42. The summed E-state index contributed by atoms with van der Waals surface area (Å²) in [7, 11) is 4.45. The van der Waals surface area contributed by atoms with Crippen molar-refractivity contribution in [3.8, 4) is 0 Å². The maximum absolute atomic E-state index is 3.54. The Bertz CT molecular complexity index is 225. The minimum absolute atomic E-state index is 0.692. The van der Waals surface area contributed by atoms with Gasteiger partial charge in [0.05, 0.1) is 0 Å². The Kier molecular flexibility index (Phi) is 6.65. The third-order valence-corrected chi connectivity index (χ3v) is 4.80. The maximum Gasteiger partial charge on any atom is 0.0248 e. The lowest BCUT2D eigenvalue weighted by molar-refractivity contribution is 0.102. The molecule has 1 rings (SSSR count). The van der Waals surface area contributed by atoms with Crippen molar-refractivity contribution in [2.24, 2.45) is 17.8 Å². The van der Waals surface area contributed by atoms with Crippen molar-refractivity contribution in [1.82, 2.24) is 10.2 Å². The summed E-state index contributed by atoms with van der Waals surface area (Å²) in [4.78, 5) is 2.61. The van der Waals surface area contributed by atoms with Crippen LogP contribution in [0.1, 0.15) is 53.4 Å². The second kappa shape index (κ2) is 7.49. The van der Waals surface area contributed by atoms with E-state index in [1.807, 2.05) is 0 Å². The van der Waals surface area contributed by atoms with Gasteiger partial charge >= 0.3 is 0 Å². The Morgan fingerprint density at radius 2 is 1.83 bits per heavy atom. The predicted octanol–water partition coefficient (Wildman–Crippen LogP) is 3.38. The molecule has 1 aliphatic rings. The Morgan fingerprint density at radius 1 is 1.17 bits per heavy atom. The molecular weight excluding hydrogens is 220 g/mol.